The lowest BCUT2D eigenvalue weighted by Gasteiger charge is -2.20. The normalized spacial score (nSPS) is 12.9. The van der Waals surface area contributed by atoms with Crippen molar-refractivity contribution >= 4 is 6.09 Å². The zero-order valence-corrected chi connectivity index (χ0v) is 14.7. The fraction of sp³-hybridized carbons (Fsp3) is 0.750. The first-order valence-corrected chi connectivity index (χ1v) is 8.05. The molecule has 1 rings (SSSR count). The number of nitrogens with one attached hydrogen (secondary N) is 2. The number of amides is 1. The van der Waals surface area contributed by atoms with Gasteiger partial charge >= 0.3 is 6.09 Å². The third-order valence-electron chi connectivity index (χ3n) is 3.13. The first-order chi connectivity index (χ1) is 10.9. The highest BCUT2D eigenvalue weighted by Crippen LogP contribution is 2.06. The van der Waals surface area contributed by atoms with Crippen molar-refractivity contribution in [3.05, 3.63) is 18.7 Å². The zero-order chi connectivity index (χ0) is 17.1. The van der Waals surface area contributed by atoms with Crippen LogP contribution in [0.15, 0.2) is 18.7 Å². The Hall–Kier alpha value is -1.60. The molecule has 0 aliphatic heterocycles. The summed E-state index contributed by atoms with van der Waals surface area (Å²) in [6.07, 6.45) is 6.94. The van der Waals surface area contributed by atoms with Gasteiger partial charge in [-0.2, -0.15) is 0 Å². The largest absolute Gasteiger partial charge is 0.444 e. The molecule has 0 saturated carbocycles. The summed E-state index contributed by atoms with van der Waals surface area (Å²) in [6, 6.07) is 0.268. The first-order valence-electron chi connectivity index (χ1n) is 8.05. The second-order valence-electron chi connectivity index (χ2n) is 6.48. The Bertz CT molecular complexity index is 429. The molecule has 0 spiro atoms. The molecule has 0 aliphatic carbocycles. The van der Waals surface area contributed by atoms with Gasteiger partial charge in [0.05, 0.1) is 12.9 Å². The zero-order valence-electron chi connectivity index (χ0n) is 14.7. The van der Waals surface area contributed by atoms with Crippen LogP contribution in [0.25, 0.3) is 0 Å². The highest BCUT2D eigenvalue weighted by Gasteiger charge is 2.15. The van der Waals surface area contributed by atoms with Gasteiger partial charge in [0, 0.05) is 45.2 Å². The van der Waals surface area contributed by atoms with Crippen LogP contribution in [0.4, 0.5) is 4.79 Å². The van der Waals surface area contributed by atoms with E-state index in [2.05, 4.69) is 15.6 Å². The maximum Gasteiger partial charge on any atom is 0.407 e. The van der Waals surface area contributed by atoms with E-state index in [0.717, 1.165) is 25.9 Å². The minimum atomic E-state index is -0.461. The summed E-state index contributed by atoms with van der Waals surface area (Å²) in [7, 11) is 1.70. The third-order valence-corrected chi connectivity index (χ3v) is 3.13. The molecule has 0 aliphatic rings. The summed E-state index contributed by atoms with van der Waals surface area (Å²) < 4.78 is 12.5. The number of nitrogens with zero attached hydrogens (tertiary/aromatic N) is 2. The van der Waals surface area contributed by atoms with Crippen molar-refractivity contribution in [1.29, 1.82) is 0 Å². The third kappa shape index (κ3) is 9.91. The van der Waals surface area contributed by atoms with Crippen molar-refractivity contribution in [2.45, 2.75) is 51.8 Å². The number of imidazole rings is 1. The number of hydrogen-bond donors (Lipinski definition) is 2. The maximum absolute atomic E-state index is 11.6. The lowest BCUT2D eigenvalue weighted by Crippen LogP contribution is -2.37. The van der Waals surface area contributed by atoms with Crippen molar-refractivity contribution < 1.29 is 14.3 Å². The lowest BCUT2D eigenvalue weighted by molar-refractivity contribution is 0.0526. The Morgan fingerprint density at radius 3 is 2.74 bits per heavy atom. The van der Waals surface area contributed by atoms with E-state index in [-0.39, 0.29) is 12.1 Å². The van der Waals surface area contributed by atoms with Crippen LogP contribution >= 0.6 is 0 Å². The average Bonchev–Trinajstić information content (AvgIpc) is 2.94. The molecule has 1 unspecified atom stereocenters. The van der Waals surface area contributed by atoms with Crippen molar-refractivity contribution in [3.8, 4) is 0 Å². The van der Waals surface area contributed by atoms with Gasteiger partial charge in [-0.1, -0.05) is 0 Å². The van der Waals surface area contributed by atoms with Crippen LogP contribution in [-0.2, 0) is 16.0 Å². The number of alkyl carbamates (subject to hydrolysis) is 1. The summed E-state index contributed by atoms with van der Waals surface area (Å²) in [5.74, 6) is 0. The van der Waals surface area contributed by atoms with Gasteiger partial charge in [-0.05, 0) is 33.6 Å². The van der Waals surface area contributed by atoms with E-state index in [1.54, 1.807) is 19.6 Å². The minimum absolute atomic E-state index is 0.268. The van der Waals surface area contributed by atoms with Gasteiger partial charge in [0.15, 0.2) is 0 Å². The van der Waals surface area contributed by atoms with Gasteiger partial charge < -0.3 is 24.7 Å². The maximum atomic E-state index is 11.6. The molecule has 7 heteroatoms. The molecule has 0 radical (unpaired) electrons. The fourth-order valence-electron chi connectivity index (χ4n) is 2.12. The topological polar surface area (TPSA) is 77.4 Å². The Labute approximate surface area is 138 Å². The highest BCUT2D eigenvalue weighted by molar-refractivity contribution is 5.67. The molecule has 1 aromatic heterocycles. The van der Waals surface area contributed by atoms with E-state index in [9.17, 15) is 4.79 Å². The average molecular weight is 326 g/mol. The SMILES string of the molecule is COCC(CCCNC(=O)OC(C)(C)C)NCCn1ccnc1. The van der Waals surface area contributed by atoms with Gasteiger partial charge in [-0.3, -0.25) is 0 Å². The van der Waals surface area contributed by atoms with Crippen LogP contribution in [0.5, 0.6) is 0 Å². The Kier molecular flexibility index (Phi) is 8.65. The second-order valence-corrected chi connectivity index (χ2v) is 6.48. The molecule has 0 bridgehead atoms. The Balaban J connectivity index is 2.16. The number of carbonyl (C=O) groups excluding carboxylic acids is 1. The van der Waals surface area contributed by atoms with Crippen molar-refractivity contribution in [3.63, 3.8) is 0 Å². The number of carbonyl (C=O) groups is 1. The van der Waals surface area contributed by atoms with Crippen LogP contribution in [0.3, 0.4) is 0 Å². The van der Waals surface area contributed by atoms with Gasteiger partial charge in [0.1, 0.15) is 5.60 Å². The van der Waals surface area contributed by atoms with Crippen molar-refractivity contribution in [1.82, 2.24) is 20.2 Å². The molecular weight excluding hydrogens is 296 g/mol. The summed E-state index contributed by atoms with van der Waals surface area (Å²) in [6.45, 7) is 8.52. The van der Waals surface area contributed by atoms with Crippen molar-refractivity contribution in [2.24, 2.45) is 0 Å². The second kappa shape index (κ2) is 10.2. The molecule has 132 valence electrons. The molecule has 1 amide bonds. The van der Waals surface area contributed by atoms with Gasteiger partial charge in [0.25, 0.3) is 0 Å². The van der Waals surface area contributed by atoms with E-state index in [4.69, 9.17) is 9.47 Å². The Morgan fingerprint density at radius 1 is 1.35 bits per heavy atom. The van der Waals surface area contributed by atoms with Gasteiger partial charge in [0.2, 0.25) is 0 Å². The number of methoxy groups -OCH3 is 1. The van der Waals surface area contributed by atoms with Crippen molar-refractivity contribution in [2.75, 3.05) is 26.8 Å². The van der Waals surface area contributed by atoms with Crippen LogP contribution in [0, 0.1) is 0 Å². The first kappa shape index (κ1) is 19.4. The Morgan fingerprint density at radius 2 is 2.13 bits per heavy atom. The summed E-state index contributed by atoms with van der Waals surface area (Å²) in [5.41, 5.74) is -0.461. The minimum Gasteiger partial charge on any atom is -0.444 e. The van der Waals surface area contributed by atoms with E-state index in [1.807, 2.05) is 31.5 Å². The summed E-state index contributed by atoms with van der Waals surface area (Å²) in [5, 5.41) is 6.24. The number of ether oxygens (including phenoxy) is 2. The molecule has 1 heterocycles. The fourth-order valence-corrected chi connectivity index (χ4v) is 2.12. The van der Waals surface area contributed by atoms with Crippen LogP contribution in [0.2, 0.25) is 0 Å². The van der Waals surface area contributed by atoms with Crippen LogP contribution in [0.1, 0.15) is 33.6 Å². The summed E-state index contributed by atoms with van der Waals surface area (Å²) in [4.78, 5) is 15.6. The number of aromatic nitrogens is 2. The number of rotatable bonds is 10. The van der Waals surface area contributed by atoms with E-state index in [1.165, 1.54) is 0 Å². The standard InChI is InChI=1S/C16H30N4O3/c1-16(2,3)23-15(21)19-7-5-6-14(12-22-4)18-9-11-20-10-8-17-13-20/h8,10,13-14,18H,5-7,9,11-12H2,1-4H3,(H,19,21). The van der Waals surface area contributed by atoms with Crippen LogP contribution < -0.4 is 10.6 Å². The molecule has 2 N–H and O–H groups in total. The smallest absolute Gasteiger partial charge is 0.407 e. The van der Waals surface area contributed by atoms with Gasteiger partial charge in [-0.15, -0.1) is 0 Å². The van der Waals surface area contributed by atoms with E-state index < -0.39 is 5.60 Å². The molecule has 0 aromatic carbocycles. The monoisotopic (exact) mass is 326 g/mol. The van der Waals surface area contributed by atoms with E-state index >= 15 is 0 Å². The molecular formula is C16H30N4O3. The molecule has 7 nitrogen and oxygen atoms in total. The summed E-state index contributed by atoms with van der Waals surface area (Å²) >= 11 is 0. The predicted octanol–water partition coefficient (Wildman–Crippen LogP) is 1.79. The lowest BCUT2D eigenvalue weighted by atomic mass is 10.1. The quantitative estimate of drug-likeness (QED) is 0.641. The van der Waals surface area contributed by atoms with Crippen LogP contribution in [-0.4, -0.2) is 54.1 Å². The highest BCUT2D eigenvalue weighted by atomic mass is 16.6. The van der Waals surface area contributed by atoms with Gasteiger partial charge in [-0.25, -0.2) is 9.78 Å². The molecule has 1 atom stereocenters. The molecule has 0 fully saturated rings. The van der Waals surface area contributed by atoms with E-state index in [0.29, 0.717) is 13.2 Å². The number of hydrogen-bond acceptors (Lipinski definition) is 5. The predicted molar refractivity (Wildman–Crippen MR) is 89.4 cm³/mol. The molecule has 1 aromatic rings. The molecule has 0 saturated heterocycles. The molecule has 23 heavy (non-hydrogen) atoms.